The van der Waals surface area contributed by atoms with Crippen LogP contribution in [0.15, 0.2) is 29.2 Å². The van der Waals surface area contributed by atoms with Gasteiger partial charge in [-0.1, -0.05) is 47.7 Å². The van der Waals surface area contributed by atoms with Gasteiger partial charge in [-0.3, -0.25) is 14.5 Å². The lowest BCUT2D eigenvalue weighted by atomic mass is 9.99. The van der Waals surface area contributed by atoms with E-state index in [4.69, 9.17) is 23.8 Å². The summed E-state index contributed by atoms with van der Waals surface area (Å²) in [5.74, 6) is -0.141. The summed E-state index contributed by atoms with van der Waals surface area (Å²) in [6, 6.07) is 7.33. The number of aliphatic hydroxyl groups excluding tert-OH is 1. The van der Waals surface area contributed by atoms with E-state index in [2.05, 4.69) is 0 Å². The Morgan fingerprint density at radius 2 is 2.07 bits per heavy atom. The maximum Gasteiger partial charge on any atom is 0.266 e. The smallest absolute Gasteiger partial charge is 0.266 e. The highest BCUT2D eigenvalue weighted by molar-refractivity contribution is 8.26. The second-order valence-corrected chi connectivity index (χ2v) is 9.00. The number of carbonyl (C=O) groups excluding carboxylic acids is 2. The highest BCUT2D eigenvalue weighted by atomic mass is 35.5. The zero-order chi connectivity index (χ0) is 20.1. The molecule has 0 bridgehead atoms. The molecule has 1 atom stereocenters. The van der Waals surface area contributed by atoms with E-state index in [-0.39, 0.29) is 37.4 Å². The molecule has 0 aromatic heterocycles. The number of hydrogen-bond acceptors (Lipinski definition) is 5. The number of likely N-dealkylation sites (tertiary alicyclic amines) is 1. The van der Waals surface area contributed by atoms with Crippen molar-refractivity contribution in [3.63, 3.8) is 0 Å². The number of carbonyl (C=O) groups is 2. The second kappa shape index (κ2) is 9.87. The molecule has 1 unspecified atom stereocenters. The SMILES string of the molecule is O=C1/C(=C/c2ccc(Cl)cc2)SC(=S)N1CCC(=O)N1CCCCC1CCO. The number of thioether (sulfide) groups is 1. The van der Waals surface area contributed by atoms with Gasteiger partial charge in [0.05, 0.1) is 4.91 Å². The zero-order valence-electron chi connectivity index (χ0n) is 15.5. The molecule has 1 aromatic carbocycles. The van der Waals surface area contributed by atoms with Crippen LogP contribution in [-0.2, 0) is 9.59 Å². The van der Waals surface area contributed by atoms with E-state index < -0.39 is 0 Å². The van der Waals surface area contributed by atoms with Crippen molar-refractivity contribution in [1.29, 1.82) is 0 Å². The van der Waals surface area contributed by atoms with Gasteiger partial charge in [0.2, 0.25) is 5.91 Å². The largest absolute Gasteiger partial charge is 0.396 e. The highest BCUT2D eigenvalue weighted by Crippen LogP contribution is 2.33. The molecule has 28 heavy (non-hydrogen) atoms. The van der Waals surface area contributed by atoms with E-state index in [0.717, 1.165) is 31.4 Å². The summed E-state index contributed by atoms with van der Waals surface area (Å²) in [5.41, 5.74) is 0.876. The van der Waals surface area contributed by atoms with Crippen LogP contribution in [-0.4, -0.2) is 56.8 Å². The van der Waals surface area contributed by atoms with Crippen molar-refractivity contribution in [1.82, 2.24) is 9.80 Å². The third kappa shape index (κ3) is 5.14. The molecule has 0 aliphatic carbocycles. The predicted molar refractivity (Wildman–Crippen MR) is 117 cm³/mol. The van der Waals surface area contributed by atoms with E-state index in [0.29, 0.717) is 20.7 Å². The lowest BCUT2D eigenvalue weighted by Gasteiger charge is -2.36. The summed E-state index contributed by atoms with van der Waals surface area (Å²) in [6.07, 6.45) is 5.63. The number of amides is 2. The normalized spacial score (nSPS) is 21.6. The molecular formula is C20H23ClN2O3S2. The molecule has 2 fully saturated rings. The third-order valence-electron chi connectivity index (χ3n) is 5.00. The molecule has 8 heteroatoms. The minimum absolute atomic E-state index is 0.0221. The van der Waals surface area contributed by atoms with Gasteiger partial charge in [0.25, 0.3) is 5.91 Å². The number of benzene rings is 1. The van der Waals surface area contributed by atoms with Gasteiger partial charge in [-0.25, -0.2) is 0 Å². The van der Waals surface area contributed by atoms with Crippen molar-refractivity contribution in [3.8, 4) is 0 Å². The van der Waals surface area contributed by atoms with Gasteiger partial charge >= 0.3 is 0 Å². The molecule has 2 saturated heterocycles. The molecule has 0 saturated carbocycles. The average molecular weight is 439 g/mol. The van der Waals surface area contributed by atoms with Crippen LogP contribution in [0.5, 0.6) is 0 Å². The fourth-order valence-electron chi connectivity index (χ4n) is 3.53. The molecule has 0 spiro atoms. The molecule has 2 amide bonds. The van der Waals surface area contributed by atoms with Gasteiger partial charge in [-0.2, -0.15) is 0 Å². The van der Waals surface area contributed by atoms with E-state index in [1.165, 1.54) is 16.7 Å². The topological polar surface area (TPSA) is 60.9 Å². The van der Waals surface area contributed by atoms with Gasteiger partial charge in [0, 0.05) is 37.2 Å². The number of rotatable bonds is 6. The van der Waals surface area contributed by atoms with E-state index in [1.54, 1.807) is 18.2 Å². The molecule has 1 N–H and O–H groups in total. The van der Waals surface area contributed by atoms with Crippen molar-refractivity contribution in [2.45, 2.75) is 38.1 Å². The van der Waals surface area contributed by atoms with Crippen molar-refractivity contribution < 1.29 is 14.7 Å². The molecular weight excluding hydrogens is 416 g/mol. The number of thiocarbonyl (C=S) groups is 1. The van der Waals surface area contributed by atoms with Crippen LogP contribution < -0.4 is 0 Å². The van der Waals surface area contributed by atoms with Gasteiger partial charge in [-0.15, -0.1) is 0 Å². The number of nitrogens with zero attached hydrogens (tertiary/aromatic N) is 2. The Morgan fingerprint density at radius 3 is 2.79 bits per heavy atom. The minimum Gasteiger partial charge on any atom is -0.396 e. The average Bonchev–Trinajstić information content (AvgIpc) is 2.95. The first-order valence-electron chi connectivity index (χ1n) is 9.41. The zero-order valence-corrected chi connectivity index (χ0v) is 17.9. The summed E-state index contributed by atoms with van der Waals surface area (Å²) >= 11 is 12.5. The first-order chi connectivity index (χ1) is 13.5. The van der Waals surface area contributed by atoms with Crippen LogP contribution in [0.4, 0.5) is 0 Å². The van der Waals surface area contributed by atoms with Crippen molar-refractivity contribution in [2.75, 3.05) is 19.7 Å². The van der Waals surface area contributed by atoms with Gasteiger partial charge in [0.15, 0.2) is 0 Å². The summed E-state index contributed by atoms with van der Waals surface area (Å²) in [5, 5.41) is 9.87. The number of aliphatic hydroxyl groups is 1. The lowest BCUT2D eigenvalue weighted by molar-refractivity contribution is -0.135. The molecule has 5 nitrogen and oxygen atoms in total. The number of hydrogen-bond donors (Lipinski definition) is 1. The van der Waals surface area contributed by atoms with Crippen molar-refractivity contribution in [2.24, 2.45) is 0 Å². The second-order valence-electron chi connectivity index (χ2n) is 6.88. The fraction of sp³-hybridized carbons (Fsp3) is 0.450. The summed E-state index contributed by atoms with van der Waals surface area (Å²) in [7, 11) is 0. The van der Waals surface area contributed by atoms with Crippen LogP contribution in [0, 0.1) is 0 Å². The Morgan fingerprint density at radius 1 is 1.32 bits per heavy atom. The Hall–Kier alpha value is -1.41. The van der Waals surface area contributed by atoms with Crippen LogP contribution in [0.3, 0.4) is 0 Å². The Bertz CT molecular complexity index is 780. The van der Waals surface area contributed by atoms with Crippen LogP contribution in [0.25, 0.3) is 6.08 Å². The summed E-state index contributed by atoms with van der Waals surface area (Å²) in [4.78, 5) is 29.3. The Labute approximate surface area is 179 Å². The number of halogens is 1. The molecule has 1 aromatic rings. The summed E-state index contributed by atoms with van der Waals surface area (Å²) < 4.78 is 0.476. The molecule has 0 radical (unpaired) electrons. The van der Waals surface area contributed by atoms with Gasteiger partial charge in [0.1, 0.15) is 4.32 Å². The Kier molecular flexibility index (Phi) is 7.51. The fourth-order valence-corrected chi connectivity index (χ4v) is 4.97. The van der Waals surface area contributed by atoms with Crippen molar-refractivity contribution >= 4 is 57.8 Å². The molecule has 3 rings (SSSR count). The first-order valence-corrected chi connectivity index (χ1v) is 11.0. The summed E-state index contributed by atoms with van der Waals surface area (Å²) in [6.45, 7) is 1.08. The maximum absolute atomic E-state index is 12.7. The van der Waals surface area contributed by atoms with Crippen LogP contribution >= 0.6 is 35.6 Å². The first kappa shape index (κ1) is 21.3. The molecule has 2 heterocycles. The third-order valence-corrected chi connectivity index (χ3v) is 6.63. The van der Waals surface area contributed by atoms with Crippen molar-refractivity contribution in [3.05, 3.63) is 39.8 Å². The molecule has 2 aliphatic heterocycles. The van der Waals surface area contributed by atoms with E-state index in [1.807, 2.05) is 17.0 Å². The monoisotopic (exact) mass is 438 g/mol. The van der Waals surface area contributed by atoms with Gasteiger partial charge < -0.3 is 10.0 Å². The van der Waals surface area contributed by atoms with Crippen LogP contribution in [0.1, 0.15) is 37.7 Å². The Balaban J connectivity index is 1.61. The lowest BCUT2D eigenvalue weighted by Crippen LogP contribution is -2.45. The number of piperidine rings is 1. The predicted octanol–water partition coefficient (Wildman–Crippen LogP) is 3.69. The quantitative estimate of drug-likeness (QED) is 0.542. The highest BCUT2D eigenvalue weighted by Gasteiger charge is 2.33. The minimum atomic E-state index is -0.164. The molecule has 2 aliphatic rings. The maximum atomic E-state index is 12.7. The van der Waals surface area contributed by atoms with E-state index >= 15 is 0 Å². The molecule has 150 valence electrons. The van der Waals surface area contributed by atoms with Gasteiger partial charge in [-0.05, 0) is 49.5 Å². The standard InChI is InChI=1S/C20H23ClN2O3S2/c21-15-6-4-14(5-7-15)13-17-19(26)23(20(27)28-17)11-8-18(25)22-10-2-1-3-16(22)9-12-24/h4-7,13,16,24H,1-3,8-12H2/b17-13-. The van der Waals surface area contributed by atoms with E-state index in [9.17, 15) is 14.7 Å². The van der Waals surface area contributed by atoms with Crippen LogP contribution in [0.2, 0.25) is 5.02 Å².